The summed E-state index contributed by atoms with van der Waals surface area (Å²) in [6.45, 7) is 3.25. The molecule has 7 nitrogen and oxygen atoms in total. The first kappa shape index (κ1) is 26.3. The fraction of sp³-hybridized carbons (Fsp3) is 0.250. The number of anilines is 1. The number of nitrogens with zero attached hydrogens (tertiary/aromatic N) is 4. The number of hydrogen-bond acceptors (Lipinski definition) is 4. The van der Waals surface area contributed by atoms with Crippen LogP contribution in [0.3, 0.4) is 0 Å². The van der Waals surface area contributed by atoms with Gasteiger partial charge in [-0.15, -0.1) is 12.4 Å². The summed E-state index contributed by atoms with van der Waals surface area (Å²) in [5.74, 6) is -0.593. The zero-order chi connectivity index (χ0) is 24.9. The van der Waals surface area contributed by atoms with Crippen molar-refractivity contribution in [2.24, 2.45) is 0 Å². The lowest BCUT2D eigenvalue weighted by Crippen LogP contribution is -2.52. The number of nitrogens with one attached hydrogen (secondary N) is 1. The molecule has 0 saturated carbocycles. The summed E-state index contributed by atoms with van der Waals surface area (Å²) in [5.41, 5.74) is 2.73. The molecular weight excluding hydrogens is 493 g/mol. The predicted molar refractivity (Wildman–Crippen MR) is 145 cm³/mol. The van der Waals surface area contributed by atoms with Crippen molar-refractivity contribution in [1.82, 2.24) is 19.8 Å². The fourth-order valence-electron chi connectivity index (χ4n) is 4.57. The van der Waals surface area contributed by atoms with E-state index in [9.17, 15) is 14.0 Å². The number of piperazine rings is 1. The van der Waals surface area contributed by atoms with E-state index < -0.39 is 0 Å². The van der Waals surface area contributed by atoms with Crippen LogP contribution < -0.4 is 4.90 Å². The molecule has 2 aromatic carbocycles. The number of para-hydroxylation sites is 1. The van der Waals surface area contributed by atoms with Gasteiger partial charge in [-0.2, -0.15) is 0 Å². The van der Waals surface area contributed by atoms with Gasteiger partial charge in [0.25, 0.3) is 5.91 Å². The summed E-state index contributed by atoms with van der Waals surface area (Å²) in [6.07, 6.45) is 5.28. The third kappa shape index (κ3) is 6.15. The molecule has 0 aliphatic carbocycles. The number of halogens is 2. The van der Waals surface area contributed by atoms with E-state index in [1.54, 1.807) is 28.1 Å². The molecule has 1 N–H and O–H groups in total. The Hall–Kier alpha value is -3.75. The lowest BCUT2D eigenvalue weighted by molar-refractivity contribution is -0.131. The Morgan fingerprint density at radius 3 is 2.54 bits per heavy atom. The predicted octanol–water partition coefficient (Wildman–Crippen LogP) is 4.16. The highest BCUT2D eigenvalue weighted by molar-refractivity contribution is 6.10. The highest BCUT2D eigenvalue weighted by Gasteiger charge is 2.26. The second-order valence-electron chi connectivity index (χ2n) is 8.95. The number of amides is 2. The van der Waals surface area contributed by atoms with Crippen LogP contribution in [0.1, 0.15) is 15.9 Å². The van der Waals surface area contributed by atoms with Crippen LogP contribution >= 0.6 is 12.4 Å². The normalized spacial score (nSPS) is 13.8. The van der Waals surface area contributed by atoms with Crippen LogP contribution in [0, 0.1) is 5.82 Å². The van der Waals surface area contributed by atoms with E-state index in [2.05, 4.69) is 14.9 Å². The zero-order valence-corrected chi connectivity index (χ0v) is 21.2. The summed E-state index contributed by atoms with van der Waals surface area (Å²) in [6, 6.07) is 18.5. The quantitative estimate of drug-likeness (QED) is 0.396. The number of hydrogen-bond donors (Lipinski definition) is 1. The van der Waals surface area contributed by atoms with Crippen molar-refractivity contribution in [3.8, 4) is 0 Å². The Bertz CT molecular complexity index is 1350. The van der Waals surface area contributed by atoms with E-state index in [1.807, 2.05) is 54.7 Å². The van der Waals surface area contributed by atoms with E-state index in [0.717, 1.165) is 17.4 Å². The number of carbonyl (C=O) groups excluding carboxylic acids is 2. The molecule has 0 unspecified atom stereocenters. The average molecular weight is 522 g/mol. The number of H-pyrrole nitrogens is 1. The van der Waals surface area contributed by atoms with Gasteiger partial charge in [0, 0.05) is 61.9 Å². The molecule has 37 heavy (non-hydrogen) atoms. The molecule has 1 aliphatic rings. The molecule has 2 amide bonds. The first-order valence-electron chi connectivity index (χ1n) is 12.1. The maximum Gasteiger partial charge on any atom is 0.258 e. The molecule has 0 bridgehead atoms. The number of aromatic nitrogens is 2. The number of pyridine rings is 1. The lowest BCUT2D eigenvalue weighted by Gasteiger charge is -2.36. The molecule has 0 radical (unpaired) electrons. The largest absolute Gasteiger partial charge is 0.361 e. The van der Waals surface area contributed by atoms with Crippen LogP contribution in [0.2, 0.25) is 0 Å². The van der Waals surface area contributed by atoms with Gasteiger partial charge < -0.3 is 9.88 Å². The van der Waals surface area contributed by atoms with Gasteiger partial charge in [0.05, 0.1) is 6.20 Å². The van der Waals surface area contributed by atoms with Gasteiger partial charge >= 0.3 is 0 Å². The summed E-state index contributed by atoms with van der Waals surface area (Å²) in [5, 5.41) is 1.03. The lowest BCUT2D eigenvalue weighted by atomic mass is 10.1. The van der Waals surface area contributed by atoms with E-state index in [0.29, 0.717) is 49.4 Å². The molecule has 1 saturated heterocycles. The van der Waals surface area contributed by atoms with Crippen LogP contribution in [0.25, 0.3) is 10.9 Å². The van der Waals surface area contributed by atoms with Crippen molar-refractivity contribution in [3.63, 3.8) is 0 Å². The van der Waals surface area contributed by atoms with Gasteiger partial charge in [-0.3, -0.25) is 24.4 Å². The van der Waals surface area contributed by atoms with Gasteiger partial charge in [0.1, 0.15) is 12.4 Å². The van der Waals surface area contributed by atoms with Crippen molar-refractivity contribution >= 4 is 40.8 Å². The Kier molecular flexibility index (Phi) is 8.53. The van der Waals surface area contributed by atoms with Gasteiger partial charge in [-0.1, -0.05) is 24.3 Å². The monoisotopic (exact) mass is 521 g/mol. The van der Waals surface area contributed by atoms with Crippen molar-refractivity contribution in [2.45, 2.75) is 6.42 Å². The number of aromatic amines is 1. The van der Waals surface area contributed by atoms with Crippen LogP contribution in [-0.4, -0.2) is 70.9 Å². The van der Waals surface area contributed by atoms with Crippen molar-refractivity contribution in [3.05, 3.63) is 96.2 Å². The number of fused-ring (bicyclic) bond motifs is 1. The van der Waals surface area contributed by atoms with Crippen LogP contribution in [0.5, 0.6) is 0 Å². The van der Waals surface area contributed by atoms with Gasteiger partial charge in [0.15, 0.2) is 0 Å². The highest BCUT2D eigenvalue weighted by atomic mass is 35.5. The molecule has 1 aliphatic heterocycles. The Balaban J connectivity index is 0.00000320. The van der Waals surface area contributed by atoms with Crippen molar-refractivity contribution in [2.75, 3.05) is 44.2 Å². The maximum atomic E-state index is 13.9. The molecule has 4 aromatic rings. The van der Waals surface area contributed by atoms with Crippen LogP contribution in [0.4, 0.5) is 10.1 Å². The fourth-order valence-corrected chi connectivity index (χ4v) is 4.57. The minimum Gasteiger partial charge on any atom is -0.361 e. The first-order chi connectivity index (χ1) is 17.6. The molecular formula is C28H29ClFN5O2. The second kappa shape index (κ2) is 12.0. The molecule has 1 fully saturated rings. The molecule has 2 aromatic heterocycles. The molecule has 3 heterocycles. The first-order valence-corrected chi connectivity index (χ1v) is 12.1. The third-order valence-corrected chi connectivity index (χ3v) is 6.69. The van der Waals surface area contributed by atoms with Crippen molar-refractivity contribution in [1.29, 1.82) is 0 Å². The van der Waals surface area contributed by atoms with E-state index >= 15 is 0 Å². The summed E-state index contributed by atoms with van der Waals surface area (Å²) in [7, 11) is 0. The van der Waals surface area contributed by atoms with E-state index in [1.165, 1.54) is 6.20 Å². The number of carbonyl (C=O) groups is 2. The second-order valence-corrected chi connectivity index (χ2v) is 8.95. The maximum absolute atomic E-state index is 13.9. The molecule has 9 heteroatoms. The summed E-state index contributed by atoms with van der Waals surface area (Å²) >= 11 is 0. The van der Waals surface area contributed by atoms with E-state index in [-0.39, 0.29) is 36.6 Å². The zero-order valence-electron chi connectivity index (χ0n) is 20.3. The Morgan fingerprint density at radius 2 is 1.78 bits per heavy atom. The molecule has 5 rings (SSSR count). The smallest absolute Gasteiger partial charge is 0.258 e. The molecule has 0 atom stereocenters. The van der Waals surface area contributed by atoms with E-state index in [4.69, 9.17) is 0 Å². The number of benzene rings is 2. The third-order valence-electron chi connectivity index (χ3n) is 6.69. The highest BCUT2D eigenvalue weighted by Crippen LogP contribution is 2.20. The number of rotatable bonds is 7. The molecule has 0 spiro atoms. The SMILES string of the molecule is Cl.O=C(CN(C(=O)c1ccc2cc[nH]c2c1)c1ccccc1)N1CCN(CCc2ccncc2F)CC1. The average Bonchev–Trinajstić information content (AvgIpc) is 3.40. The minimum atomic E-state index is -0.285. The van der Waals surface area contributed by atoms with Crippen molar-refractivity contribution < 1.29 is 14.0 Å². The Morgan fingerprint density at radius 1 is 1.00 bits per heavy atom. The molecule has 192 valence electrons. The summed E-state index contributed by atoms with van der Waals surface area (Å²) in [4.78, 5) is 39.3. The Labute approximate surface area is 221 Å². The summed E-state index contributed by atoms with van der Waals surface area (Å²) < 4.78 is 13.9. The van der Waals surface area contributed by atoms with Gasteiger partial charge in [-0.25, -0.2) is 4.39 Å². The minimum absolute atomic E-state index is 0. The standard InChI is InChI=1S/C28H28FN5O2.ClH/c29-25-19-30-11-8-21(25)10-13-32-14-16-33(17-15-32)27(35)20-34(24-4-2-1-3-5-24)28(36)23-7-6-22-9-12-31-26(22)18-23;/h1-9,11-12,18-19,31H,10,13-17,20H2;1H. The van der Waals surface area contributed by atoms with Crippen LogP contribution in [0.15, 0.2) is 79.3 Å². The topological polar surface area (TPSA) is 72.5 Å². The van der Waals surface area contributed by atoms with Gasteiger partial charge in [-0.05, 0) is 53.8 Å². The van der Waals surface area contributed by atoms with Crippen LogP contribution in [-0.2, 0) is 11.2 Å². The van der Waals surface area contributed by atoms with Gasteiger partial charge in [0.2, 0.25) is 5.91 Å².